The molecule has 2 N–H and O–H groups in total. The van der Waals surface area contributed by atoms with Crippen LogP contribution in [-0.4, -0.2) is 43.9 Å². The molecule has 1 rings (SSSR count). The summed E-state index contributed by atoms with van der Waals surface area (Å²) in [6.07, 6.45) is 1.40. The molecule has 0 saturated heterocycles. The van der Waals surface area contributed by atoms with Gasteiger partial charge in [-0.2, -0.15) is 0 Å². The minimum atomic E-state index is -3.09. The molecule has 0 aliphatic rings. The molecular formula is C12H18ClN3O3S. The largest absolute Gasteiger partial charge is 0.369 e. The number of sulfone groups is 1. The number of pyridine rings is 1. The predicted molar refractivity (Wildman–Crippen MR) is 80.1 cm³/mol. The zero-order chi connectivity index (χ0) is 15.2. The van der Waals surface area contributed by atoms with Gasteiger partial charge in [-0.3, -0.25) is 4.79 Å². The summed E-state index contributed by atoms with van der Waals surface area (Å²) in [7, 11) is -3.09. The first kappa shape index (κ1) is 16.7. The molecule has 20 heavy (non-hydrogen) atoms. The Hall–Kier alpha value is -1.34. The number of amides is 1. The topological polar surface area (TPSA) is 88.2 Å². The van der Waals surface area contributed by atoms with Crippen LogP contribution in [0.3, 0.4) is 0 Å². The molecule has 0 atom stereocenters. The quantitative estimate of drug-likeness (QED) is 0.791. The second-order valence-corrected chi connectivity index (χ2v) is 6.96. The van der Waals surface area contributed by atoms with Crippen LogP contribution in [-0.2, 0) is 9.84 Å². The summed E-state index contributed by atoms with van der Waals surface area (Å²) >= 11 is 5.98. The fraction of sp³-hybridized carbons (Fsp3) is 0.500. The van der Waals surface area contributed by atoms with Crippen LogP contribution in [0.5, 0.6) is 0 Å². The number of nitrogens with one attached hydrogen (secondary N) is 2. The molecule has 1 aromatic rings. The van der Waals surface area contributed by atoms with Gasteiger partial charge in [0.05, 0.1) is 16.3 Å². The molecule has 1 aromatic heterocycles. The highest BCUT2D eigenvalue weighted by atomic mass is 35.5. The summed E-state index contributed by atoms with van der Waals surface area (Å²) < 4.78 is 22.6. The minimum Gasteiger partial charge on any atom is -0.369 e. The fourth-order valence-corrected chi connectivity index (χ4v) is 2.36. The van der Waals surface area contributed by atoms with E-state index in [1.165, 1.54) is 12.3 Å². The van der Waals surface area contributed by atoms with Crippen LogP contribution in [0.1, 0.15) is 24.2 Å². The van der Waals surface area contributed by atoms with Gasteiger partial charge in [-0.15, -0.1) is 0 Å². The number of rotatable bonds is 7. The molecule has 0 fully saturated rings. The fourth-order valence-electron chi connectivity index (χ4n) is 1.43. The Kier molecular flexibility index (Phi) is 6.22. The van der Waals surface area contributed by atoms with Gasteiger partial charge in [-0.25, -0.2) is 13.4 Å². The van der Waals surface area contributed by atoms with Gasteiger partial charge in [0.15, 0.2) is 9.84 Å². The number of carbonyl (C=O) groups is 1. The molecule has 0 aliphatic heterocycles. The summed E-state index contributed by atoms with van der Waals surface area (Å²) in [6.45, 7) is 4.22. The summed E-state index contributed by atoms with van der Waals surface area (Å²) in [5.41, 5.74) is 0.297. The van der Waals surface area contributed by atoms with Crippen molar-refractivity contribution in [2.45, 2.75) is 13.8 Å². The van der Waals surface area contributed by atoms with Gasteiger partial charge < -0.3 is 10.6 Å². The van der Waals surface area contributed by atoms with Gasteiger partial charge in [0, 0.05) is 25.0 Å². The highest BCUT2D eigenvalue weighted by molar-refractivity contribution is 7.91. The van der Waals surface area contributed by atoms with E-state index in [9.17, 15) is 13.2 Å². The molecule has 6 nitrogen and oxygen atoms in total. The van der Waals surface area contributed by atoms with E-state index >= 15 is 0 Å². The lowest BCUT2D eigenvalue weighted by Gasteiger charge is -2.08. The van der Waals surface area contributed by atoms with E-state index in [-0.39, 0.29) is 18.1 Å². The lowest BCUT2D eigenvalue weighted by atomic mass is 10.2. The number of aromatic nitrogens is 1. The van der Waals surface area contributed by atoms with E-state index in [4.69, 9.17) is 11.6 Å². The molecule has 0 radical (unpaired) electrons. The van der Waals surface area contributed by atoms with Crippen LogP contribution in [0.4, 0.5) is 5.82 Å². The maximum Gasteiger partial charge on any atom is 0.252 e. The summed E-state index contributed by atoms with van der Waals surface area (Å²) in [4.78, 5) is 15.9. The number of nitrogens with zero attached hydrogens (tertiary/aromatic N) is 1. The van der Waals surface area contributed by atoms with E-state index in [0.29, 0.717) is 22.9 Å². The highest BCUT2D eigenvalue weighted by Gasteiger charge is 2.11. The molecule has 8 heteroatoms. The first-order valence-electron chi connectivity index (χ1n) is 6.27. The van der Waals surface area contributed by atoms with Crippen LogP contribution < -0.4 is 10.6 Å². The second kappa shape index (κ2) is 7.44. The van der Waals surface area contributed by atoms with Gasteiger partial charge in [0.25, 0.3) is 5.91 Å². The van der Waals surface area contributed by atoms with Crippen LogP contribution >= 0.6 is 11.6 Å². The van der Waals surface area contributed by atoms with E-state index in [2.05, 4.69) is 15.6 Å². The second-order valence-electron chi connectivity index (χ2n) is 4.08. The summed E-state index contributed by atoms with van der Waals surface area (Å²) in [6, 6.07) is 1.50. The van der Waals surface area contributed by atoms with Gasteiger partial charge in [0.2, 0.25) is 0 Å². The number of halogens is 1. The van der Waals surface area contributed by atoms with Crippen molar-refractivity contribution in [2.75, 3.05) is 29.9 Å². The van der Waals surface area contributed by atoms with Crippen molar-refractivity contribution in [3.05, 3.63) is 22.8 Å². The van der Waals surface area contributed by atoms with Crippen molar-refractivity contribution < 1.29 is 13.2 Å². The van der Waals surface area contributed by atoms with Crippen LogP contribution in [0, 0.1) is 0 Å². The number of anilines is 1. The number of carbonyl (C=O) groups excluding carboxylic acids is 1. The highest BCUT2D eigenvalue weighted by Crippen LogP contribution is 2.19. The molecule has 112 valence electrons. The Morgan fingerprint density at radius 2 is 2.10 bits per heavy atom. The zero-order valence-corrected chi connectivity index (χ0v) is 13.0. The average Bonchev–Trinajstić information content (AvgIpc) is 2.41. The Morgan fingerprint density at radius 1 is 1.40 bits per heavy atom. The van der Waals surface area contributed by atoms with Gasteiger partial charge in [-0.05, 0) is 13.0 Å². The molecule has 0 bridgehead atoms. The maximum absolute atomic E-state index is 11.8. The monoisotopic (exact) mass is 319 g/mol. The smallest absolute Gasteiger partial charge is 0.252 e. The van der Waals surface area contributed by atoms with Crippen LogP contribution in [0.25, 0.3) is 0 Å². The molecule has 1 heterocycles. The first-order chi connectivity index (χ1) is 9.39. The minimum absolute atomic E-state index is 0.0631. The van der Waals surface area contributed by atoms with E-state index < -0.39 is 15.7 Å². The van der Waals surface area contributed by atoms with Crippen molar-refractivity contribution in [1.82, 2.24) is 10.3 Å². The lowest BCUT2D eigenvalue weighted by Crippen LogP contribution is -2.29. The SMILES string of the molecule is CCNc1ncc(C(=O)NCCS(=O)(=O)CC)cc1Cl. The van der Waals surface area contributed by atoms with Crippen molar-refractivity contribution >= 4 is 33.2 Å². The van der Waals surface area contributed by atoms with Crippen LogP contribution in [0.15, 0.2) is 12.3 Å². The Labute approximate surface area is 123 Å². The van der Waals surface area contributed by atoms with E-state index in [0.717, 1.165) is 0 Å². The maximum atomic E-state index is 11.8. The van der Waals surface area contributed by atoms with E-state index in [1.54, 1.807) is 6.92 Å². The Balaban J connectivity index is 2.62. The molecule has 0 aliphatic carbocycles. The Bertz CT molecular complexity index is 575. The molecule has 0 saturated carbocycles. The number of hydrogen-bond donors (Lipinski definition) is 2. The average molecular weight is 320 g/mol. The van der Waals surface area contributed by atoms with Crippen molar-refractivity contribution in [3.63, 3.8) is 0 Å². The standard InChI is InChI=1S/C12H18ClN3O3S/c1-3-14-11-10(13)7-9(8-16-11)12(17)15-5-6-20(18,19)4-2/h7-8H,3-6H2,1-2H3,(H,14,16)(H,15,17). The molecule has 1 amide bonds. The third kappa shape index (κ3) is 4.97. The van der Waals surface area contributed by atoms with Crippen LogP contribution in [0.2, 0.25) is 5.02 Å². The van der Waals surface area contributed by atoms with Gasteiger partial charge in [-0.1, -0.05) is 18.5 Å². The van der Waals surface area contributed by atoms with Gasteiger partial charge >= 0.3 is 0 Å². The zero-order valence-electron chi connectivity index (χ0n) is 11.4. The summed E-state index contributed by atoms with van der Waals surface area (Å²) in [5, 5.41) is 5.84. The molecule has 0 unspecified atom stereocenters. The van der Waals surface area contributed by atoms with Crippen molar-refractivity contribution in [3.8, 4) is 0 Å². The molecular weight excluding hydrogens is 302 g/mol. The third-order valence-electron chi connectivity index (χ3n) is 2.59. The lowest BCUT2D eigenvalue weighted by molar-refractivity contribution is 0.0956. The third-order valence-corrected chi connectivity index (χ3v) is 4.58. The number of hydrogen-bond acceptors (Lipinski definition) is 5. The predicted octanol–water partition coefficient (Wildman–Crippen LogP) is 1.33. The molecule has 0 aromatic carbocycles. The first-order valence-corrected chi connectivity index (χ1v) is 8.47. The van der Waals surface area contributed by atoms with E-state index in [1.807, 2.05) is 6.92 Å². The van der Waals surface area contributed by atoms with Crippen molar-refractivity contribution in [1.29, 1.82) is 0 Å². The van der Waals surface area contributed by atoms with Gasteiger partial charge in [0.1, 0.15) is 5.82 Å². The van der Waals surface area contributed by atoms with Crippen molar-refractivity contribution in [2.24, 2.45) is 0 Å². The normalized spacial score (nSPS) is 11.2. The Morgan fingerprint density at radius 3 is 2.65 bits per heavy atom. The summed E-state index contributed by atoms with van der Waals surface area (Å²) in [5.74, 6) is 0.104. The molecule has 0 spiro atoms.